The number of nitrogens with one attached hydrogen (secondary N) is 1. The molecule has 1 fully saturated rings. The maximum absolute atomic E-state index is 4.48. The van der Waals surface area contributed by atoms with Gasteiger partial charge in [-0.15, -0.1) is 6.58 Å². The number of hydrogen-bond donors (Lipinski definition) is 1. The normalized spacial score (nSPS) is 27.4. The first-order chi connectivity index (χ1) is 4.93. The van der Waals surface area contributed by atoms with Crippen molar-refractivity contribution in [1.29, 1.82) is 0 Å². The maximum Gasteiger partial charge on any atom is 0.0405 e. The Bertz CT molecular complexity index is 93.4. The van der Waals surface area contributed by atoms with Crippen molar-refractivity contribution in [3.05, 3.63) is 12.7 Å². The Morgan fingerprint density at radius 2 is 2.60 bits per heavy atom. The fourth-order valence-corrected chi connectivity index (χ4v) is 1.16. The molecule has 1 saturated heterocycles. The van der Waals surface area contributed by atoms with Crippen LogP contribution in [0.5, 0.6) is 0 Å². The third-order valence-electron chi connectivity index (χ3n) is 1.72. The highest BCUT2D eigenvalue weighted by Gasteiger charge is 2.09. The van der Waals surface area contributed by atoms with E-state index >= 15 is 0 Å². The smallest absolute Gasteiger partial charge is 0.0405 e. The predicted octanol–water partition coefficient (Wildman–Crippen LogP) is 0.529. The fourth-order valence-electron chi connectivity index (χ4n) is 1.16. The maximum atomic E-state index is 4.48. The highest BCUT2D eigenvalue weighted by Crippen LogP contribution is 1.96. The number of nitrogens with zero attached hydrogens (tertiary/aromatic N) is 1. The lowest BCUT2D eigenvalue weighted by molar-refractivity contribution is 0.523. The summed E-state index contributed by atoms with van der Waals surface area (Å²) in [6.07, 6.45) is 4.15. The highest BCUT2D eigenvalue weighted by atomic mass is 15.0. The second-order valence-corrected chi connectivity index (χ2v) is 2.64. The largest absolute Gasteiger partial charge is 0.315 e. The van der Waals surface area contributed by atoms with Gasteiger partial charge in [-0.3, -0.25) is 0 Å². The topological polar surface area (TPSA) is 26.1 Å². The molecule has 1 rings (SSSR count). The fraction of sp³-hybridized carbons (Fsp3) is 0.750. The molecule has 10 heavy (non-hydrogen) atoms. The van der Waals surface area contributed by atoms with Crippen LogP contribution < -0.4 is 10.6 Å². The third kappa shape index (κ3) is 2.50. The van der Waals surface area contributed by atoms with Gasteiger partial charge in [-0.1, -0.05) is 6.08 Å². The van der Waals surface area contributed by atoms with E-state index in [-0.39, 0.29) is 0 Å². The summed E-state index contributed by atoms with van der Waals surface area (Å²) in [6.45, 7) is 6.87. The van der Waals surface area contributed by atoms with Gasteiger partial charge >= 0.3 is 0 Å². The zero-order valence-electron chi connectivity index (χ0n) is 6.34. The van der Waals surface area contributed by atoms with Crippen LogP contribution in [0.25, 0.3) is 0 Å². The minimum atomic E-state index is 0.486. The molecule has 0 aromatic rings. The lowest BCUT2D eigenvalue weighted by atomic mass is 10.2. The van der Waals surface area contributed by atoms with Crippen molar-refractivity contribution in [2.24, 2.45) is 0 Å². The Kier molecular flexibility index (Phi) is 3.47. The average molecular weight is 139 g/mol. The molecule has 0 aromatic carbocycles. The molecule has 2 heteroatoms. The van der Waals surface area contributed by atoms with Gasteiger partial charge in [0, 0.05) is 19.1 Å². The summed E-state index contributed by atoms with van der Waals surface area (Å²) in [6, 6.07) is 0.486. The van der Waals surface area contributed by atoms with Gasteiger partial charge in [-0.05, 0) is 19.4 Å². The van der Waals surface area contributed by atoms with Gasteiger partial charge in [0.1, 0.15) is 0 Å². The van der Waals surface area contributed by atoms with Crippen molar-refractivity contribution in [2.45, 2.75) is 18.9 Å². The average Bonchev–Trinajstić information content (AvgIpc) is 2.17. The standard InChI is InChI=1S/C8H15N2/c1-2-4-8-7-9-5-3-6-10-8/h2,8-9H,1,3-7H2. The molecule has 0 saturated carbocycles. The minimum Gasteiger partial charge on any atom is -0.315 e. The molecule has 0 bridgehead atoms. The first-order valence-electron chi connectivity index (χ1n) is 3.91. The molecule has 1 unspecified atom stereocenters. The molecule has 0 spiro atoms. The van der Waals surface area contributed by atoms with E-state index in [1.807, 2.05) is 6.08 Å². The van der Waals surface area contributed by atoms with E-state index in [4.69, 9.17) is 0 Å². The second kappa shape index (κ2) is 4.47. The zero-order chi connectivity index (χ0) is 7.23. The molecule has 1 heterocycles. The van der Waals surface area contributed by atoms with E-state index < -0.39 is 0 Å². The van der Waals surface area contributed by atoms with Gasteiger partial charge in [0.2, 0.25) is 0 Å². The number of hydrogen-bond acceptors (Lipinski definition) is 1. The quantitative estimate of drug-likeness (QED) is 0.555. The van der Waals surface area contributed by atoms with Crippen LogP contribution in [0.4, 0.5) is 0 Å². The van der Waals surface area contributed by atoms with Crippen LogP contribution in [0.2, 0.25) is 0 Å². The molecule has 1 aliphatic rings. The summed E-state index contributed by atoms with van der Waals surface area (Å²) in [7, 11) is 0. The summed E-state index contributed by atoms with van der Waals surface area (Å²) in [5, 5.41) is 7.82. The summed E-state index contributed by atoms with van der Waals surface area (Å²) >= 11 is 0. The van der Waals surface area contributed by atoms with Crippen LogP contribution in [0.15, 0.2) is 12.7 Å². The van der Waals surface area contributed by atoms with Crippen LogP contribution in [0.3, 0.4) is 0 Å². The zero-order valence-corrected chi connectivity index (χ0v) is 6.34. The number of rotatable bonds is 2. The van der Waals surface area contributed by atoms with Crippen molar-refractivity contribution in [3.63, 3.8) is 0 Å². The van der Waals surface area contributed by atoms with E-state index in [1.54, 1.807) is 0 Å². The first-order valence-corrected chi connectivity index (χ1v) is 3.91. The Balaban J connectivity index is 2.21. The van der Waals surface area contributed by atoms with Crippen molar-refractivity contribution < 1.29 is 0 Å². The van der Waals surface area contributed by atoms with Crippen LogP contribution >= 0.6 is 0 Å². The van der Waals surface area contributed by atoms with E-state index in [0.717, 1.165) is 26.1 Å². The Labute approximate surface area is 62.7 Å². The van der Waals surface area contributed by atoms with Gasteiger partial charge in [0.05, 0.1) is 0 Å². The van der Waals surface area contributed by atoms with Gasteiger partial charge in [-0.2, -0.15) is 0 Å². The summed E-state index contributed by atoms with van der Waals surface area (Å²) in [5.41, 5.74) is 0. The molecular formula is C8H15N2. The molecular weight excluding hydrogens is 124 g/mol. The lowest BCUT2D eigenvalue weighted by Gasteiger charge is -2.10. The molecule has 1 radical (unpaired) electrons. The van der Waals surface area contributed by atoms with Gasteiger partial charge in [0.15, 0.2) is 0 Å². The summed E-state index contributed by atoms with van der Waals surface area (Å²) in [4.78, 5) is 0. The van der Waals surface area contributed by atoms with Crippen LogP contribution in [0.1, 0.15) is 12.8 Å². The van der Waals surface area contributed by atoms with Crippen molar-refractivity contribution in [2.75, 3.05) is 19.6 Å². The molecule has 1 atom stereocenters. The van der Waals surface area contributed by atoms with Crippen LogP contribution in [-0.4, -0.2) is 25.7 Å². The van der Waals surface area contributed by atoms with E-state index in [9.17, 15) is 0 Å². The molecule has 1 aliphatic heterocycles. The van der Waals surface area contributed by atoms with Crippen molar-refractivity contribution in [3.8, 4) is 0 Å². The molecule has 1 N–H and O–H groups in total. The van der Waals surface area contributed by atoms with E-state index in [1.165, 1.54) is 6.42 Å². The van der Waals surface area contributed by atoms with Crippen molar-refractivity contribution >= 4 is 0 Å². The Morgan fingerprint density at radius 3 is 3.40 bits per heavy atom. The van der Waals surface area contributed by atoms with Crippen LogP contribution in [0, 0.1) is 0 Å². The monoisotopic (exact) mass is 139 g/mol. The molecule has 0 amide bonds. The van der Waals surface area contributed by atoms with Gasteiger partial charge in [0.25, 0.3) is 0 Å². The van der Waals surface area contributed by atoms with Gasteiger partial charge in [-0.25, -0.2) is 5.32 Å². The molecule has 57 valence electrons. The summed E-state index contributed by atoms with van der Waals surface area (Å²) in [5.74, 6) is 0. The predicted molar refractivity (Wildman–Crippen MR) is 43.1 cm³/mol. The van der Waals surface area contributed by atoms with Gasteiger partial charge < -0.3 is 5.32 Å². The third-order valence-corrected chi connectivity index (χ3v) is 1.72. The first kappa shape index (κ1) is 7.76. The van der Waals surface area contributed by atoms with E-state index in [0.29, 0.717) is 6.04 Å². The summed E-state index contributed by atoms with van der Waals surface area (Å²) < 4.78 is 0. The second-order valence-electron chi connectivity index (χ2n) is 2.64. The molecule has 0 aliphatic carbocycles. The molecule has 0 aromatic heterocycles. The Morgan fingerprint density at radius 1 is 1.70 bits per heavy atom. The SMILES string of the molecule is C=CCC1CNCCC[N]1. The lowest BCUT2D eigenvalue weighted by Crippen LogP contribution is -2.29. The minimum absolute atomic E-state index is 0.486. The van der Waals surface area contributed by atoms with E-state index in [2.05, 4.69) is 17.2 Å². The Hall–Kier alpha value is -0.340. The highest BCUT2D eigenvalue weighted by molar-refractivity contribution is 4.80. The molecule has 2 nitrogen and oxygen atoms in total. The van der Waals surface area contributed by atoms with Crippen molar-refractivity contribution in [1.82, 2.24) is 10.6 Å². The van der Waals surface area contributed by atoms with Crippen LogP contribution in [-0.2, 0) is 0 Å².